The Bertz CT molecular complexity index is 1160. The van der Waals surface area contributed by atoms with E-state index in [2.05, 4.69) is 44.3 Å². The number of hydrogen-bond donors (Lipinski definition) is 1. The zero-order valence-electron chi connectivity index (χ0n) is 20.2. The number of nitrogens with one attached hydrogen (secondary N) is 1. The Morgan fingerprint density at radius 1 is 1.00 bits per heavy atom. The van der Waals surface area contributed by atoms with Crippen molar-refractivity contribution in [1.29, 1.82) is 0 Å². The maximum Gasteiger partial charge on any atom is 0.226 e. The van der Waals surface area contributed by atoms with Crippen molar-refractivity contribution in [3.8, 4) is 11.4 Å². The number of benzene rings is 2. The number of methoxy groups -OCH3 is 1. The van der Waals surface area contributed by atoms with Crippen LogP contribution in [0.25, 0.3) is 5.69 Å². The van der Waals surface area contributed by atoms with E-state index in [9.17, 15) is 4.79 Å². The molecule has 0 spiro atoms. The quantitative estimate of drug-likeness (QED) is 0.430. The van der Waals surface area contributed by atoms with Gasteiger partial charge in [-0.05, 0) is 86.1 Å². The number of nitrogens with zero attached hydrogens (tertiary/aromatic N) is 3. The smallest absolute Gasteiger partial charge is 0.226 e. The molecule has 182 valence electrons. The molecule has 0 radical (unpaired) electrons. The molecule has 7 heteroatoms. The minimum absolute atomic E-state index is 0.162. The number of carbonyl (C=O) groups is 1. The van der Waals surface area contributed by atoms with E-state index in [4.69, 9.17) is 4.74 Å². The van der Waals surface area contributed by atoms with Crippen LogP contribution >= 0.6 is 11.8 Å². The molecule has 0 unspecified atom stereocenters. The fourth-order valence-electron chi connectivity index (χ4n) is 6.96. The Hall–Kier alpha value is -2.80. The highest BCUT2D eigenvalue weighted by Crippen LogP contribution is 2.60. The van der Waals surface area contributed by atoms with Gasteiger partial charge in [-0.3, -0.25) is 9.36 Å². The Balaban J connectivity index is 1.22. The lowest BCUT2D eigenvalue weighted by Crippen LogP contribution is -2.53. The predicted molar refractivity (Wildman–Crippen MR) is 136 cm³/mol. The van der Waals surface area contributed by atoms with E-state index < -0.39 is 0 Å². The van der Waals surface area contributed by atoms with Crippen LogP contribution in [-0.4, -0.2) is 27.8 Å². The average Bonchev–Trinajstić information content (AvgIpc) is 3.28. The summed E-state index contributed by atoms with van der Waals surface area (Å²) in [7, 11) is 1.67. The largest absolute Gasteiger partial charge is 0.497 e. The summed E-state index contributed by atoms with van der Waals surface area (Å²) in [5, 5.41) is 13.1. The minimum Gasteiger partial charge on any atom is -0.497 e. The molecule has 1 amide bonds. The van der Waals surface area contributed by atoms with Gasteiger partial charge in [0.25, 0.3) is 0 Å². The number of carbonyl (C=O) groups excluding carboxylic acids is 1. The molecule has 2 aromatic carbocycles. The third kappa shape index (κ3) is 4.46. The third-order valence-electron chi connectivity index (χ3n) is 8.17. The van der Waals surface area contributed by atoms with E-state index in [-0.39, 0.29) is 11.3 Å². The van der Waals surface area contributed by atoms with Gasteiger partial charge in [0.05, 0.1) is 13.7 Å². The maximum absolute atomic E-state index is 13.5. The predicted octanol–water partition coefficient (Wildman–Crippen LogP) is 5.40. The normalized spacial score (nSPS) is 26.6. The first-order chi connectivity index (χ1) is 17.1. The fraction of sp³-hybridized carbons (Fsp3) is 0.464. The molecule has 6 nitrogen and oxygen atoms in total. The van der Waals surface area contributed by atoms with E-state index in [1.54, 1.807) is 18.9 Å². The molecule has 4 fully saturated rings. The molecule has 1 aromatic heterocycles. The standard InChI is InChI=1S/C28H32N4O2S/c1-34-24-9-7-23(8-10-24)32-25(30-31-27(32)35-18-19-5-3-2-4-6-19)17-29-26(33)28-14-20-11-21(15-28)13-22(12-20)16-28/h2-10,20-22H,11-18H2,1H3,(H,29,33). The third-order valence-corrected chi connectivity index (χ3v) is 9.17. The molecule has 35 heavy (non-hydrogen) atoms. The number of hydrogen-bond acceptors (Lipinski definition) is 5. The molecular weight excluding hydrogens is 456 g/mol. The van der Waals surface area contributed by atoms with Gasteiger partial charge in [-0.25, -0.2) is 0 Å². The summed E-state index contributed by atoms with van der Waals surface area (Å²) in [5.74, 6) is 4.82. The lowest BCUT2D eigenvalue weighted by Gasteiger charge is -2.55. The highest BCUT2D eigenvalue weighted by molar-refractivity contribution is 7.98. The van der Waals surface area contributed by atoms with Crippen LogP contribution in [0.15, 0.2) is 59.8 Å². The van der Waals surface area contributed by atoms with E-state index >= 15 is 0 Å². The van der Waals surface area contributed by atoms with Crippen molar-refractivity contribution in [1.82, 2.24) is 20.1 Å². The zero-order valence-corrected chi connectivity index (χ0v) is 21.0. The summed E-state index contributed by atoms with van der Waals surface area (Å²) >= 11 is 1.65. The van der Waals surface area contributed by atoms with Crippen molar-refractivity contribution in [3.05, 3.63) is 66.0 Å². The second-order valence-corrected chi connectivity index (χ2v) is 11.5. The summed E-state index contributed by atoms with van der Waals surface area (Å²) in [6, 6.07) is 18.3. The molecule has 0 atom stereocenters. The summed E-state index contributed by atoms with van der Waals surface area (Å²) in [6.07, 6.45) is 7.19. The fourth-order valence-corrected chi connectivity index (χ4v) is 7.88. The zero-order chi connectivity index (χ0) is 23.8. The van der Waals surface area contributed by atoms with Gasteiger partial charge >= 0.3 is 0 Å². The Labute approximate surface area is 210 Å². The lowest BCUT2D eigenvalue weighted by molar-refractivity contribution is -0.146. The van der Waals surface area contributed by atoms with Crippen LogP contribution in [0, 0.1) is 23.2 Å². The molecule has 4 bridgehead atoms. The summed E-state index contributed by atoms with van der Waals surface area (Å²) in [6.45, 7) is 0.380. The van der Waals surface area contributed by atoms with Crippen molar-refractivity contribution >= 4 is 17.7 Å². The molecule has 0 aliphatic heterocycles. The van der Waals surface area contributed by atoms with Gasteiger partial charge in [0.1, 0.15) is 5.75 Å². The molecular formula is C28H32N4O2S. The van der Waals surface area contributed by atoms with Gasteiger partial charge in [-0.1, -0.05) is 42.1 Å². The molecule has 1 N–H and O–H groups in total. The number of aromatic nitrogens is 3. The van der Waals surface area contributed by atoms with Crippen LogP contribution < -0.4 is 10.1 Å². The Kier molecular flexibility index (Phi) is 6.04. The molecule has 1 heterocycles. The first-order valence-corrected chi connectivity index (χ1v) is 13.6. The van der Waals surface area contributed by atoms with Crippen LogP contribution in [-0.2, 0) is 17.1 Å². The van der Waals surface area contributed by atoms with Crippen molar-refractivity contribution in [2.45, 2.75) is 56.0 Å². The lowest BCUT2D eigenvalue weighted by atomic mass is 9.49. The van der Waals surface area contributed by atoms with Crippen molar-refractivity contribution in [2.75, 3.05) is 7.11 Å². The van der Waals surface area contributed by atoms with Crippen molar-refractivity contribution in [2.24, 2.45) is 23.2 Å². The summed E-state index contributed by atoms with van der Waals surface area (Å²) < 4.78 is 7.41. The van der Waals surface area contributed by atoms with Gasteiger partial charge in [0, 0.05) is 16.9 Å². The van der Waals surface area contributed by atoms with Gasteiger partial charge in [-0.15, -0.1) is 10.2 Å². The first kappa shape index (κ1) is 22.7. The molecule has 7 rings (SSSR count). The van der Waals surface area contributed by atoms with Gasteiger partial charge < -0.3 is 10.1 Å². The van der Waals surface area contributed by atoms with Crippen LogP contribution in [0.2, 0.25) is 0 Å². The minimum atomic E-state index is -0.162. The van der Waals surface area contributed by atoms with Gasteiger partial charge in [-0.2, -0.15) is 0 Å². The number of rotatable bonds is 8. The maximum atomic E-state index is 13.5. The topological polar surface area (TPSA) is 69.0 Å². The first-order valence-electron chi connectivity index (χ1n) is 12.7. The van der Waals surface area contributed by atoms with Crippen molar-refractivity contribution in [3.63, 3.8) is 0 Å². The van der Waals surface area contributed by atoms with E-state index in [0.717, 1.165) is 65.2 Å². The number of ether oxygens (including phenoxy) is 1. The van der Waals surface area contributed by atoms with E-state index in [0.29, 0.717) is 6.54 Å². The number of thioether (sulfide) groups is 1. The van der Waals surface area contributed by atoms with Crippen molar-refractivity contribution < 1.29 is 9.53 Å². The van der Waals surface area contributed by atoms with E-state index in [1.807, 2.05) is 30.3 Å². The van der Waals surface area contributed by atoms with Gasteiger partial charge in [0.15, 0.2) is 11.0 Å². The molecule has 3 aromatic rings. The molecule has 0 saturated heterocycles. The summed E-state index contributed by atoms with van der Waals surface area (Å²) in [5.41, 5.74) is 2.04. The Morgan fingerprint density at radius 2 is 1.66 bits per heavy atom. The molecule has 4 aliphatic rings. The monoisotopic (exact) mass is 488 g/mol. The van der Waals surface area contributed by atoms with Crippen LogP contribution in [0.3, 0.4) is 0 Å². The molecule has 4 saturated carbocycles. The highest BCUT2D eigenvalue weighted by atomic mass is 32.2. The SMILES string of the molecule is COc1ccc(-n2c(CNC(=O)C34CC5CC(CC(C5)C3)C4)nnc2SCc2ccccc2)cc1. The molecule has 4 aliphatic carbocycles. The van der Waals surface area contributed by atoms with E-state index in [1.165, 1.54) is 24.8 Å². The summed E-state index contributed by atoms with van der Waals surface area (Å²) in [4.78, 5) is 13.5. The second-order valence-electron chi connectivity index (χ2n) is 10.6. The van der Waals surface area contributed by atoms with Gasteiger partial charge in [0.2, 0.25) is 5.91 Å². The average molecular weight is 489 g/mol. The number of amides is 1. The van der Waals surface area contributed by atoms with Crippen LogP contribution in [0.1, 0.15) is 49.9 Å². The highest BCUT2D eigenvalue weighted by Gasteiger charge is 2.54. The van der Waals surface area contributed by atoms with Crippen LogP contribution in [0.5, 0.6) is 5.75 Å². The van der Waals surface area contributed by atoms with Crippen LogP contribution in [0.4, 0.5) is 0 Å². The second kappa shape index (κ2) is 9.34. The Morgan fingerprint density at radius 3 is 2.29 bits per heavy atom.